The average Bonchev–Trinajstić information content (AvgIpc) is 2.53. The molecule has 0 aliphatic rings. The first-order valence-electron chi connectivity index (χ1n) is 7.25. The largest absolute Gasteiger partial charge is 0.255 e. The first kappa shape index (κ1) is 18.0. The lowest BCUT2D eigenvalue weighted by molar-refractivity contribution is 1.20. The molecule has 2 aromatic carbocycles. The van der Waals surface area contributed by atoms with Gasteiger partial charge in [-0.15, -0.1) is 0 Å². The van der Waals surface area contributed by atoms with Gasteiger partial charge in [-0.2, -0.15) is 5.26 Å². The lowest BCUT2D eigenvalue weighted by Crippen LogP contribution is -1.94. The normalized spacial score (nSPS) is 10.5. The molecule has 0 fully saturated rings. The Bertz CT molecular complexity index is 953. The number of nitriles is 1. The zero-order chi connectivity index (χ0) is 18.0. The Morgan fingerprint density at radius 3 is 1.76 bits per heavy atom. The third-order valence-electron chi connectivity index (χ3n) is 3.57. The molecule has 25 heavy (non-hydrogen) atoms. The summed E-state index contributed by atoms with van der Waals surface area (Å²) >= 11 is 24.3. The van der Waals surface area contributed by atoms with E-state index in [1.165, 1.54) is 0 Å². The van der Waals surface area contributed by atoms with Gasteiger partial charge in [0.05, 0.1) is 18.2 Å². The standard InChI is InChI=1S/C19H10Cl4N2/c20-15-4-12(5-16(21)8-15)14-3-11(1-2-24)19(25-10-14)13-6-17(22)9-18(23)7-13/h3-10H,1H2. The third kappa shape index (κ3) is 4.26. The van der Waals surface area contributed by atoms with E-state index in [0.717, 1.165) is 22.3 Å². The van der Waals surface area contributed by atoms with Gasteiger partial charge in [-0.3, -0.25) is 4.98 Å². The van der Waals surface area contributed by atoms with Gasteiger partial charge in [0.25, 0.3) is 0 Å². The highest BCUT2D eigenvalue weighted by Crippen LogP contribution is 2.32. The van der Waals surface area contributed by atoms with Crippen molar-refractivity contribution >= 4 is 46.4 Å². The van der Waals surface area contributed by atoms with Crippen molar-refractivity contribution in [2.24, 2.45) is 0 Å². The highest BCUT2D eigenvalue weighted by molar-refractivity contribution is 6.35. The molecular weight excluding hydrogens is 398 g/mol. The first-order valence-corrected chi connectivity index (χ1v) is 8.76. The third-order valence-corrected chi connectivity index (χ3v) is 4.44. The van der Waals surface area contributed by atoms with Gasteiger partial charge in [-0.25, -0.2) is 0 Å². The van der Waals surface area contributed by atoms with Crippen LogP contribution in [0.2, 0.25) is 20.1 Å². The van der Waals surface area contributed by atoms with Gasteiger partial charge in [-0.1, -0.05) is 46.4 Å². The molecular formula is C19H10Cl4N2. The maximum Gasteiger partial charge on any atom is 0.0745 e. The monoisotopic (exact) mass is 406 g/mol. The Balaban J connectivity index is 2.14. The van der Waals surface area contributed by atoms with Gasteiger partial charge < -0.3 is 0 Å². The van der Waals surface area contributed by atoms with Crippen LogP contribution in [0.5, 0.6) is 0 Å². The number of pyridine rings is 1. The predicted molar refractivity (Wildman–Crippen MR) is 104 cm³/mol. The Hall–Kier alpha value is -1.76. The fourth-order valence-electron chi connectivity index (χ4n) is 2.56. The van der Waals surface area contributed by atoms with Crippen LogP contribution in [0.15, 0.2) is 48.7 Å². The van der Waals surface area contributed by atoms with Crippen molar-refractivity contribution in [3.63, 3.8) is 0 Å². The van der Waals surface area contributed by atoms with Crippen LogP contribution >= 0.6 is 46.4 Å². The lowest BCUT2D eigenvalue weighted by Gasteiger charge is -2.11. The molecule has 0 unspecified atom stereocenters. The Morgan fingerprint density at radius 1 is 0.720 bits per heavy atom. The number of hydrogen-bond acceptors (Lipinski definition) is 2. The zero-order valence-electron chi connectivity index (χ0n) is 12.7. The molecule has 2 nitrogen and oxygen atoms in total. The van der Waals surface area contributed by atoms with Crippen molar-refractivity contribution in [1.82, 2.24) is 4.98 Å². The zero-order valence-corrected chi connectivity index (χ0v) is 15.8. The Morgan fingerprint density at radius 2 is 1.24 bits per heavy atom. The number of hydrogen-bond donors (Lipinski definition) is 0. The summed E-state index contributed by atoms with van der Waals surface area (Å²) in [5.41, 5.74) is 3.86. The summed E-state index contributed by atoms with van der Waals surface area (Å²) in [4.78, 5) is 4.53. The average molecular weight is 408 g/mol. The highest BCUT2D eigenvalue weighted by atomic mass is 35.5. The van der Waals surface area contributed by atoms with Crippen molar-refractivity contribution in [3.05, 3.63) is 74.3 Å². The number of aromatic nitrogens is 1. The van der Waals surface area contributed by atoms with Crippen molar-refractivity contribution in [2.45, 2.75) is 6.42 Å². The van der Waals surface area contributed by atoms with Crippen molar-refractivity contribution < 1.29 is 0 Å². The van der Waals surface area contributed by atoms with Gasteiger partial charge in [0, 0.05) is 37.4 Å². The van der Waals surface area contributed by atoms with Gasteiger partial charge in [0.1, 0.15) is 0 Å². The number of halogens is 4. The molecule has 0 amide bonds. The van der Waals surface area contributed by atoms with Crippen LogP contribution in [0.1, 0.15) is 5.56 Å². The molecule has 1 heterocycles. The topological polar surface area (TPSA) is 36.7 Å². The van der Waals surface area contributed by atoms with Crippen LogP contribution < -0.4 is 0 Å². The molecule has 0 bridgehead atoms. The second-order valence-electron chi connectivity index (χ2n) is 5.38. The van der Waals surface area contributed by atoms with Crippen LogP contribution in [0, 0.1) is 11.3 Å². The summed E-state index contributed by atoms with van der Waals surface area (Å²) in [7, 11) is 0. The van der Waals surface area contributed by atoms with Crippen LogP contribution in [-0.2, 0) is 6.42 Å². The maximum absolute atomic E-state index is 9.18. The van der Waals surface area contributed by atoms with Crippen molar-refractivity contribution in [2.75, 3.05) is 0 Å². The minimum absolute atomic E-state index is 0.203. The molecule has 0 spiro atoms. The van der Waals surface area contributed by atoms with Crippen LogP contribution in [0.4, 0.5) is 0 Å². The molecule has 6 heteroatoms. The molecule has 0 atom stereocenters. The van der Waals surface area contributed by atoms with E-state index in [1.807, 2.05) is 6.07 Å². The van der Waals surface area contributed by atoms with E-state index < -0.39 is 0 Å². The van der Waals surface area contributed by atoms with E-state index in [2.05, 4.69) is 11.1 Å². The van der Waals surface area contributed by atoms with E-state index in [0.29, 0.717) is 25.8 Å². The van der Waals surface area contributed by atoms with E-state index in [4.69, 9.17) is 46.4 Å². The second-order valence-corrected chi connectivity index (χ2v) is 7.13. The molecule has 0 aliphatic carbocycles. The quantitative estimate of drug-likeness (QED) is 0.464. The SMILES string of the molecule is N#CCc1cc(-c2cc(Cl)cc(Cl)c2)cnc1-c1cc(Cl)cc(Cl)c1. The van der Waals surface area contributed by atoms with Gasteiger partial charge >= 0.3 is 0 Å². The summed E-state index contributed by atoms with van der Waals surface area (Å²) in [6.45, 7) is 0. The van der Waals surface area contributed by atoms with Gasteiger partial charge in [0.2, 0.25) is 0 Å². The molecule has 3 rings (SSSR count). The fourth-order valence-corrected chi connectivity index (χ4v) is 3.61. The Kier molecular flexibility index (Phi) is 5.51. The number of nitrogens with zero attached hydrogens (tertiary/aromatic N) is 2. The summed E-state index contributed by atoms with van der Waals surface area (Å²) in [5.74, 6) is 0. The fraction of sp³-hybridized carbons (Fsp3) is 0.0526. The molecule has 0 saturated carbocycles. The van der Waals surface area contributed by atoms with Crippen LogP contribution in [0.3, 0.4) is 0 Å². The Labute approximate surface area is 165 Å². The van der Waals surface area contributed by atoms with Crippen molar-refractivity contribution in [3.8, 4) is 28.5 Å². The minimum atomic E-state index is 0.203. The van der Waals surface area contributed by atoms with E-state index >= 15 is 0 Å². The van der Waals surface area contributed by atoms with E-state index in [1.54, 1.807) is 42.6 Å². The first-order chi connectivity index (χ1) is 12.0. The summed E-state index contributed by atoms with van der Waals surface area (Å²) in [5, 5.41) is 11.3. The van der Waals surface area contributed by atoms with Crippen molar-refractivity contribution in [1.29, 1.82) is 5.26 Å². The number of benzene rings is 2. The predicted octanol–water partition coefficient (Wildman–Crippen LogP) is 7.10. The molecule has 3 aromatic rings. The van der Waals surface area contributed by atoms with Gasteiger partial charge in [-0.05, 0) is 53.6 Å². The summed E-state index contributed by atoms with van der Waals surface area (Å²) in [6.07, 6.45) is 1.92. The summed E-state index contributed by atoms with van der Waals surface area (Å²) in [6, 6.07) is 14.5. The second kappa shape index (κ2) is 7.64. The lowest BCUT2D eigenvalue weighted by atomic mass is 9.99. The molecule has 0 radical (unpaired) electrons. The summed E-state index contributed by atoms with van der Waals surface area (Å²) < 4.78 is 0. The van der Waals surface area contributed by atoms with E-state index in [9.17, 15) is 5.26 Å². The highest BCUT2D eigenvalue weighted by Gasteiger charge is 2.12. The van der Waals surface area contributed by atoms with Crippen LogP contribution in [0.25, 0.3) is 22.4 Å². The van der Waals surface area contributed by atoms with Gasteiger partial charge in [0.15, 0.2) is 0 Å². The smallest absolute Gasteiger partial charge is 0.0745 e. The molecule has 124 valence electrons. The molecule has 1 aromatic heterocycles. The maximum atomic E-state index is 9.18. The van der Waals surface area contributed by atoms with Crippen LogP contribution in [-0.4, -0.2) is 4.98 Å². The number of rotatable bonds is 3. The molecule has 0 aliphatic heterocycles. The molecule has 0 saturated heterocycles. The van der Waals surface area contributed by atoms with E-state index in [-0.39, 0.29) is 6.42 Å². The minimum Gasteiger partial charge on any atom is -0.255 e. The molecule has 0 N–H and O–H groups in total.